The Balaban J connectivity index is 1.89. The molecule has 1 aromatic rings. The van der Waals surface area contributed by atoms with Crippen molar-refractivity contribution in [2.24, 2.45) is 0 Å². The van der Waals surface area contributed by atoms with Crippen LogP contribution in [0.25, 0.3) is 0 Å². The first-order valence-electron chi connectivity index (χ1n) is 11.5. The molecule has 2 rings (SSSR count). The van der Waals surface area contributed by atoms with Gasteiger partial charge in [-0.25, -0.2) is 0 Å². The third kappa shape index (κ3) is 6.86. The second-order valence-corrected chi connectivity index (χ2v) is 10.1. The van der Waals surface area contributed by atoms with Gasteiger partial charge in [0.15, 0.2) is 0 Å². The number of nitrogens with zero attached hydrogens (tertiary/aromatic N) is 1. The van der Waals surface area contributed by atoms with Crippen molar-refractivity contribution in [1.82, 2.24) is 5.06 Å². The number of hydrogen-bond acceptors (Lipinski definition) is 4. The van der Waals surface area contributed by atoms with Gasteiger partial charge >= 0.3 is 0 Å². The first-order chi connectivity index (χ1) is 14.0. The summed E-state index contributed by atoms with van der Waals surface area (Å²) in [6, 6.07) is 7.85. The Hall–Kier alpha value is -1.30. The summed E-state index contributed by atoms with van der Waals surface area (Å²) in [6.07, 6.45) is 4.69. The second kappa shape index (κ2) is 10.3. The average molecular weight is 421 g/mol. The molecule has 0 aliphatic carbocycles. The molecule has 0 saturated carbocycles. The highest BCUT2D eigenvalue weighted by atomic mass is 16.5. The SMILES string of the molecule is CCC(C)Oc1ccc(OC(C)CC(CC)OC2CC(C)(C)N([O])C(C)(C)C2)cc1. The first-order valence-corrected chi connectivity index (χ1v) is 11.5. The maximum absolute atomic E-state index is 12.6. The highest BCUT2D eigenvalue weighted by molar-refractivity contribution is 5.31. The van der Waals surface area contributed by atoms with E-state index >= 15 is 0 Å². The van der Waals surface area contributed by atoms with Gasteiger partial charge in [0, 0.05) is 17.5 Å². The van der Waals surface area contributed by atoms with Gasteiger partial charge in [-0.3, -0.25) is 0 Å². The monoisotopic (exact) mass is 420 g/mol. The molecule has 1 fully saturated rings. The highest BCUT2D eigenvalue weighted by Crippen LogP contribution is 2.39. The lowest BCUT2D eigenvalue weighted by molar-refractivity contribution is -0.303. The van der Waals surface area contributed by atoms with E-state index in [9.17, 15) is 5.21 Å². The Morgan fingerprint density at radius 1 is 0.900 bits per heavy atom. The van der Waals surface area contributed by atoms with Gasteiger partial charge in [-0.1, -0.05) is 13.8 Å². The van der Waals surface area contributed by atoms with E-state index in [1.54, 1.807) is 0 Å². The molecule has 0 N–H and O–H groups in total. The van der Waals surface area contributed by atoms with E-state index in [4.69, 9.17) is 14.2 Å². The zero-order chi connectivity index (χ0) is 22.5. The average Bonchev–Trinajstić information content (AvgIpc) is 2.66. The van der Waals surface area contributed by atoms with Crippen LogP contribution in [-0.2, 0) is 9.94 Å². The normalized spacial score (nSPS) is 22.3. The van der Waals surface area contributed by atoms with Crippen LogP contribution in [0.15, 0.2) is 24.3 Å². The van der Waals surface area contributed by atoms with Crippen LogP contribution < -0.4 is 9.47 Å². The molecule has 0 amide bonds. The van der Waals surface area contributed by atoms with E-state index in [1.807, 2.05) is 52.0 Å². The van der Waals surface area contributed by atoms with Crippen LogP contribution in [0.4, 0.5) is 0 Å². The van der Waals surface area contributed by atoms with Crippen LogP contribution in [-0.4, -0.2) is 40.6 Å². The molecule has 1 radical (unpaired) electrons. The van der Waals surface area contributed by atoms with Gasteiger partial charge in [-0.05, 0) is 91.5 Å². The molecule has 1 aliphatic rings. The fourth-order valence-electron chi connectivity index (χ4n) is 4.42. The maximum atomic E-state index is 12.6. The molecule has 30 heavy (non-hydrogen) atoms. The van der Waals surface area contributed by atoms with Crippen LogP contribution >= 0.6 is 0 Å². The summed E-state index contributed by atoms with van der Waals surface area (Å²) in [5, 5.41) is 13.8. The molecule has 1 aromatic carbocycles. The van der Waals surface area contributed by atoms with Gasteiger partial charge in [0.25, 0.3) is 0 Å². The summed E-state index contributed by atoms with van der Waals surface area (Å²) in [5.74, 6) is 1.71. The summed E-state index contributed by atoms with van der Waals surface area (Å²) >= 11 is 0. The summed E-state index contributed by atoms with van der Waals surface area (Å²) in [4.78, 5) is 0. The predicted molar refractivity (Wildman–Crippen MR) is 120 cm³/mol. The predicted octanol–water partition coefficient (Wildman–Crippen LogP) is 6.18. The minimum absolute atomic E-state index is 0.0388. The molecule has 1 heterocycles. The van der Waals surface area contributed by atoms with Gasteiger partial charge in [0.2, 0.25) is 0 Å². The van der Waals surface area contributed by atoms with Gasteiger partial charge < -0.3 is 14.2 Å². The molecular formula is C25H42NO4. The number of hydroxylamine groups is 2. The van der Waals surface area contributed by atoms with E-state index in [-0.39, 0.29) is 24.4 Å². The van der Waals surface area contributed by atoms with Crippen LogP contribution in [0.2, 0.25) is 0 Å². The lowest BCUT2D eigenvalue weighted by atomic mass is 9.80. The molecule has 1 saturated heterocycles. The lowest BCUT2D eigenvalue weighted by Crippen LogP contribution is -2.60. The standard InChI is InChI=1S/C25H42NO4/c1-9-18(3)28-21-11-13-22(14-12-21)29-19(4)15-20(10-2)30-23-16-24(5,6)26(27)25(7,8)17-23/h11-14,18-20,23H,9-10,15-17H2,1-8H3. The zero-order valence-electron chi connectivity index (χ0n) is 20.2. The highest BCUT2D eigenvalue weighted by Gasteiger charge is 2.47. The Bertz CT molecular complexity index is 625. The second-order valence-electron chi connectivity index (χ2n) is 10.1. The van der Waals surface area contributed by atoms with E-state index in [1.165, 1.54) is 5.06 Å². The maximum Gasteiger partial charge on any atom is 0.119 e. The van der Waals surface area contributed by atoms with E-state index in [2.05, 4.69) is 27.7 Å². The number of ether oxygens (including phenoxy) is 3. The van der Waals surface area contributed by atoms with Crippen molar-refractivity contribution in [2.75, 3.05) is 0 Å². The van der Waals surface area contributed by atoms with E-state index < -0.39 is 11.1 Å². The summed E-state index contributed by atoms with van der Waals surface area (Å²) in [6.45, 7) is 16.5. The van der Waals surface area contributed by atoms with Gasteiger partial charge in [-0.2, -0.15) is 0 Å². The minimum Gasteiger partial charge on any atom is -0.491 e. The summed E-state index contributed by atoms with van der Waals surface area (Å²) in [7, 11) is 0. The van der Waals surface area contributed by atoms with E-state index in [0.717, 1.165) is 43.6 Å². The van der Waals surface area contributed by atoms with Crippen LogP contribution in [0.1, 0.15) is 87.5 Å². The smallest absolute Gasteiger partial charge is 0.119 e. The molecule has 3 atom stereocenters. The van der Waals surface area contributed by atoms with Crippen molar-refractivity contribution < 1.29 is 19.4 Å². The Morgan fingerprint density at radius 3 is 1.80 bits per heavy atom. The molecule has 171 valence electrons. The largest absolute Gasteiger partial charge is 0.491 e. The Morgan fingerprint density at radius 2 is 1.37 bits per heavy atom. The molecule has 5 heteroatoms. The van der Waals surface area contributed by atoms with Gasteiger partial charge in [0.05, 0.1) is 24.4 Å². The van der Waals surface area contributed by atoms with E-state index in [0.29, 0.717) is 0 Å². The number of benzene rings is 1. The fourth-order valence-corrected chi connectivity index (χ4v) is 4.42. The molecule has 0 spiro atoms. The van der Waals surface area contributed by atoms with Crippen molar-refractivity contribution in [1.29, 1.82) is 0 Å². The summed E-state index contributed by atoms with van der Waals surface area (Å²) < 4.78 is 18.4. The third-order valence-corrected chi connectivity index (χ3v) is 6.06. The van der Waals surface area contributed by atoms with Gasteiger partial charge in [0.1, 0.15) is 11.5 Å². The van der Waals surface area contributed by atoms with Crippen LogP contribution in [0.3, 0.4) is 0 Å². The van der Waals surface area contributed by atoms with Crippen molar-refractivity contribution in [3.8, 4) is 11.5 Å². The lowest BCUT2D eigenvalue weighted by Gasteiger charge is -2.50. The minimum atomic E-state index is -0.411. The molecular weight excluding hydrogens is 378 g/mol. The fraction of sp³-hybridized carbons (Fsp3) is 0.760. The van der Waals surface area contributed by atoms with Crippen molar-refractivity contribution in [2.45, 2.75) is 123 Å². The number of piperidine rings is 1. The van der Waals surface area contributed by atoms with Crippen LogP contribution in [0, 0.1) is 0 Å². The third-order valence-electron chi connectivity index (χ3n) is 6.06. The number of rotatable bonds is 10. The zero-order valence-corrected chi connectivity index (χ0v) is 20.2. The quantitative estimate of drug-likeness (QED) is 0.453. The van der Waals surface area contributed by atoms with Gasteiger partial charge in [-0.15, -0.1) is 10.3 Å². The molecule has 3 unspecified atom stereocenters. The number of hydrogen-bond donors (Lipinski definition) is 0. The van der Waals surface area contributed by atoms with Crippen molar-refractivity contribution >= 4 is 0 Å². The van der Waals surface area contributed by atoms with Crippen molar-refractivity contribution in [3.63, 3.8) is 0 Å². The summed E-state index contributed by atoms with van der Waals surface area (Å²) in [5.41, 5.74) is -0.822. The molecule has 0 aromatic heterocycles. The van der Waals surface area contributed by atoms with Crippen LogP contribution in [0.5, 0.6) is 11.5 Å². The first kappa shape index (κ1) is 25.0. The molecule has 5 nitrogen and oxygen atoms in total. The van der Waals surface area contributed by atoms with Crippen molar-refractivity contribution in [3.05, 3.63) is 24.3 Å². The molecule has 1 aliphatic heterocycles. The Labute approximate surface area is 183 Å². The molecule has 0 bridgehead atoms. The topological polar surface area (TPSA) is 50.8 Å². The Kier molecular flexibility index (Phi) is 8.60.